The summed E-state index contributed by atoms with van der Waals surface area (Å²) in [6, 6.07) is 20.6. The number of carbonyl (C=O) groups excluding carboxylic acids is 3. The molecule has 6 nitrogen and oxygen atoms in total. The first-order chi connectivity index (χ1) is 15.4. The minimum atomic E-state index is -0.588. The van der Waals surface area contributed by atoms with Crippen LogP contribution < -0.4 is 15.5 Å². The molecule has 3 aromatic carbocycles. The Hall–Kier alpha value is -3.00. The summed E-state index contributed by atoms with van der Waals surface area (Å²) >= 11 is 13.6. The summed E-state index contributed by atoms with van der Waals surface area (Å²) in [6.45, 7) is 0. The van der Waals surface area contributed by atoms with E-state index in [2.05, 4.69) is 10.6 Å². The lowest BCUT2D eigenvalue weighted by molar-refractivity contribution is -0.121. The fraction of sp³-hybridized carbons (Fsp3) is 0.0870. The minimum Gasteiger partial charge on any atom is -0.308 e. The zero-order valence-electron chi connectivity index (χ0n) is 16.5. The maximum atomic E-state index is 12.9. The molecule has 0 radical (unpaired) electrons. The Morgan fingerprint density at radius 3 is 2.06 bits per heavy atom. The number of hydrogen-bond acceptors (Lipinski definition) is 4. The molecule has 0 bridgehead atoms. The van der Waals surface area contributed by atoms with E-state index in [-0.39, 0.29) is 40.0 Å². The van der Waals surface area contributed by atoms with Crippen LogP contribution in [0.4, 0.5) is 21.9 Å². The maximum Gasteiger partial charge on any atom is 0.323 e. The molecule has 2 N–H and O–H groups in total. The van der Waals surface area contributed by atoms with E-state index in [0.29, 0.717) is 11.4 Å². The fourth-order valence-corrected chi connectivity index (χ4v) is 4.85. The SMILES string of the molecule is O=C(Nc1ccccc1)Nc1ccc(S[C@H]2CC(=O)N(c3c(Cl)cccc3Cl)C2=O)cc1. The topological polar surface area (TPSA) is 78.5 Å². The Labute approximate surface area is 198 Å². The highest BCUT2D eigenvalue weighted by atomic mass is 35.5. The number of benzene rings is 3. The van der Waals surface area contributed by atoms with Crippen molar-refractivity contribution in [3.05, 3.63) is 82.8 Å². The van der Waals surface area contributed by atoms with Gasteiger partial charge >= 0.3 is 6.03 Å². The van der Waals surface area contributed by atoms with Gasteiger partial charge in [0.25, 0.3) is 0 Å². The molecule has 1 atom stereocenters. The van der Waals surface area contributed by atoms with Crippen molar-refractivity contribution in [3.63, 3.8) is 0 Å². The summed E-state index contributed by atoms with van der Waals surface area (Å²) in [5.74, 6) is -0.710. The van der Waals surface area contributed by atoms with Crippen LogP contribution in [0.1, 0.15) is 6.42 Å². The van der Waals surface area contributed by atoms with E-state index in [1.54, 1.807) is 54.6 Å². The van der Waals surface area contributed by atoms with Crippen LogP contribution in [0.3, 0.4) is 0 Å². The maximum absolute atomic E-state index is 12.9. The summed E-state index contributed by atoms with van der Waals surface area (Å²) < 4.78 is 0. The molecular weight excluding hydrogens is 469 g/mol. The molecule has 1 saturated heterocycles. The second kappa shape index (κ2) is 9.65. The lowest BCUT2D eigenvalue weighted by Gasteiger charge is -2.17. The average molecular weight is 486 g/mol. The Morgan fingerprint density at radius 2 is 1.44 bits per heavy atom. The van der Waals surface area contributed by atoms with Gasteiger partial charge in [0.15, 0.2) is 0 Å². The first kappa shape index (κ1) is 22.2. The molecule has 9 heteroatoms. The van der Waals surface area contributed by atoms with Crippen LogP contribution in [0, 0.1) is 0 Å². The molecule has 1 aliphatic heterocycles. The van der Waals surface area contributed by atoms with Gasteiger partial charge in [0.1, 0.15) is 0 Å². The molecule has 1 fully saturated rings. The average Bonchev–Trinajstić information content (AvgIpc) is 3.03. The first-order valence-corrected chi connectivity index (χ1v) is 11.3. The smallest absolute Gasteiger partial charge is 0.308 e. The predicted molar refractivity (Wildman–Crippen MR) is 129 cm³/mol. The number of halogens is 2. The Balaban J connectivity index is 1.40. The molecule has 0 spiro atoms. The molecule has 0 saturated carbocycles. The molecule has 1 aliphatic rings. The van der Waals surface area contributed by atoms with E-state index in [1.807, 2.05) is 18.2 Å². The molecule has 32 heavy (non-hydrogen) atoms. The Bertz CT molecular complexity index is 1150. The zero-order valence-corrected chi connectivity index (χ0v) is 18.9. The second-order valence-electron chi connectivity index (χ2n) is 6.92. The predicted octanol–water partition coefficient (Wildman–Crippen LogP) is 6.06. The molecule has 162 valence electrons. The van der Waals surface area contributed by atoms with Gasteiger partial charge in [-0.25, -0.2) is 9.69 Å². The normalized spacial score (nSPS) is 15.7. The van der Waals surface area contributed by atoms with Crippen LogP contribution in [0.25, 0.3) is 0 Å². The van der Waals surface area contributed by atoms with E-state index >= 15 is 0 Å². The summed E-state index contributed by atoms with van der Waals surface area (Å²) in [7, 11) is 0. The highest BCUT2D eigenvalue weighted by Gasteiger charge is 2.41. The summed E-state index contributed by atoms with van der Waals surface area (Å²) in [4.78, 5) is 39.4. The second-order valence-corrected chi connectivity index (χ2v) is 9.01. The van der Waals surface area contributed by atoms with Crippen molar-refractivity contribution in [1.82, 2.24) is 0 Å². The molecular formula is C23H17Cl2N3O3S. The lowest BCUT2D eigenvalue weighted by atomic mass is 10.3. The van der Waals surface area contributed by atoms with Gasteiger partial charge in [-0.3, -0.25) is 9.59 Å². The molecule has 4 amide bonds. The highest BCUT2D eigenvalue weighted by molar-refractivity contribution is 8.00. The van der Waals surface area contributed by atoms with E-state index in [4.69, 9.17) is 23.2 Å². The van der Waals surface area contributed by atoms with Crippen molar-refractivity contribution in [3.8, 4) is 0 Å². The van der Waals surface area contributed by atoms with Gasteiger partial charge in [0.2, 0.25) is 11.8 Å². The van der Waals surface area contributed by atoms with Crippen molar-refractivity contribution in [2.45, 2.75) is 16.6 Å². The van der Waals surface area contributed by atoms with Gasteiger partial charge in [-0.15, -0.1) is 11.8 Å². The number of nitrogens with zero attached hydrogens (tertiary/aromatic N) is 1. The molecule has 1 heterocycles. The Morgan fingerprint density at radius 1 is 0.844 bits per heavy atom. The standard InChI is InChI=1S/C23H17Cl2N3O3S/c24-17-7-4-8-18(25)21(17)28-20(29)13-19(22(28)30)32-16-11-9-15(10-12-16)27-23(31)26-14-5-2-1-3-6-14/h1-12,19H,13H2,(H2,26,27,31)/t19-/m0/s1. The van der Waals surface area contributed by atoms with Crippen molar-refractivity contribution in [2.24, 2.45) is 0 Å². The van der Waals surface area contributed by atoms with Crippen LogP contribution >= 0.6 is 35.0 Å². The van der Waals surface area contributed by atoms with E-state index < -0.39 is 5.25 Å². The fourth-order valence-electron chi connectivity index (χ4n) is 3.23. The quantitative estimate of drug-likeness (QED) is 0.430. The van der Waals surface area contributed by atoms with Gasteiger partial charge in [-0.2, -0.15) is 0 Å². The van der Waals surface area contributed by atoms with Gasteiger partial charge in [-0.05, 0) is 48.5 Å². The third-order valence-electron chi connectivity index (χ3n) is 4.69. The van der Waals surface area contributed by atoms with E-state index in [1.165, 1.54) is 11.8 Å². The largest absolute Gasteiger partial charge is 0.323 e. The molecule has 3 aromatic rings. The van der Waals surface area contributed by atoms with Crippen LogP contribution in [0.15, 0.2) is 77.7 Å². The van der Waals surface area contributed by atoms with Crippen molar-refractivity contribution >= 4 is 69.9 Å². The van der Waals surface area contributed by atoms with Crippen LogP contribution in [0.5, 0.6) is 0 Å². The summed E-state index contributed by atoms with van der Waals surface area (Å²) in [6.07, 6.45) is 0.0462. The van der Waals surface area contributed by atoms with Gasteiger partial charge < -0.3 is 10.6 Å². The third kappa shape index (κ3) is 4.91. The number of hydrogen-bond donors (Lipinski definition) is 2. The first-order valence-electron chi connectivity index (χ1n) is 9.63. The lowest BCUT2D eigenvalue weighted by Crippen LogP contribution is -2.31. The molecule has 4 rings (SSSR count). The van der Waals surface area contributed by atoms with Crippen molar-refractivity contribution < 1.29 is 14.4 Å². The number of rotatable bonds is 5. The molecule has 0 aliphatic carbocycles. The van der Waals surface area contributed by atoms with Crippen molar-refractivity contribution in [2.75, 3.05) is 15.5 Å². The van der Waals surface area contributed by atoms with Gasteiger partial charge in [-0.1, -0.05) is 47.5 Å². The minimum absolute atomic E-state index is 0.0462. The number of thioether (sulfide) groups is 1. The van der Waals surface area contributed by atoms with Crippen molar-refractivity contribution in [1.29, 1.82) is 0 Å². The Kier molecular flexibility index (Phi) is 6.69. The molecule has 0 unspecified atom stereocenters. The zero-order chi connectivity index (χ0) is 22.7. The van der Waals surface area contributed by atoms with E-state index in [9.17, 15) is 14.4 Å². The van der Waals surface area contributed by atoms with Crippen LogP contribution in [-0.2, 0) is 9.59 Å². The van der Waals surface area contributed by atoms with Gasteiger partial charge in [0.05, 0.1) is 21.0 Å². The summed E-state index contributed by atoms with van der Waals surface area (Å²) in [5.41, 5.74) is 1.50. The number of nitrogens with one attached hydrogen (secondary N) is 2. The number of imide groups is 1. The highest BCUT2D eigenvalue weighted by Crippen LogP contribution is 2.40. The van der Waals surface area contributed by atoms with Crippen LogP contribution in [-0.4, -0.2) is 23.1 Å². The van der Waals surface area contributed by atoms with Gasteiger partial charge in [0, 0.05) is 22.7 Å². The number of para-hydroxylation sites is 2. The third-order valence-corrected chi connectivity index (χ3v) is 6.50. The number of anilines is 3. The number of amides is 4. The van der Waals surface area contributed by atoms with E-state index in [0.717, 1.165) is 9.80 Å². The monoisotopic (exact) mass is 485 g/mol. The number of urea groups is 1. The number of carbonyl (C=O) groups is 3. The summed E-state index contributed by atoms with van der Waals surface area (Å²) in [5, 5.41) is 5.39. The molecule has 0 aromatic heterocycles. The van der Waals surface area contributed by atoms with Crippen LogP contribution in [0.2, 0.25) is 10.0 Å².